The summed E-state index contributed by atoms with van der Waals surface area (Å²) in [6.45, 7) is 0. The van der Waals surface area contributed by atoms with Crippen LogP contribution in [0.1, 0.15) is 10.4 Å². The SMILES string of the molecule is COC(=O)c1ccc(N(C)S(=O)(=O)c2ccc(Cl)s2)cc1. The number of rotatable bonds is 4. The van der Waals surface area contributed by atoms with Crippen molar-refractivity contribution in [2.75, 3.05) is 18.5 Å². The first-order valence-corrected chi connectivity index (χ1v) is 8.42. The lowest BCUT2D eigenvalue weighted by Crippen LogP contribution is -2.25. The molecule has 0 aliphatic rings. The molecular formula is C13H12ClNO4S2. The number of thiophene rings is 1. The van der Waals surface area contributed by atoms with Crippen LogP contribution in [-0.2, 0) is 14.8 Å². The third-order valence-corrected chi connectivity index (χ3v) is 6.30. The van der Waals surface area contributed by atoms with Gasteiger partial charge >= 0.3 is 5.97 Å². The topological polar surface area (TPSA) is 63.7 Å². The maximum absolute atomic E-state index is 12.4. The van der Waals surface area contributed by atoms with Crippen LogP contribution in [0.5, 0.6) is 0 Å². The smallest absolute Gasteiger partial charge is 0.337 e. The lowest BCUT2D eigenvalue weighted by molar-refractivity contribution is 0.0601. The maximum Gasteiger partial charge on any atom is 0.337 e. The summed E-state index contributed by atoms with van der Waals surface area (Å²) in [5, 5.41) is 0. The van der Waals surface area contributed by atoms with Gasteiger partial charge in [-0.25, -0.2) is 13.2 Å². The highest BCUT2D eigenvalue weighted by molar-refractivity contribution is 7.94. The summed E-state index contributed by atoms with van der Waals surface area (Å²) in [5.41, 5.74) is 0.790. The fourth-order valence-corrected chi connectivity index (χ4v) is 4.48. The van der Waals surface area contributed by atoms with Gasteiger partial charge in [0.05, 0.1) is 22.7 Å². The largest absolute Gasteiger partial charge is 0.465 e. The van der Waals surface area contributed by atoms with E-state index in [9.17, 15) is 13.2 Å². The maximum atomic E-state index is 12.4. The number of nitrogens with zero attached hydrogens (tertiary/aromatic N) is 1. The number of hydrogen-bond acceptors (Lipinski definition) is 5. The Balaban J connectivity index is 2.31. The van der Waals surface area contributed by atoms with Gasteiger partial charge in [-0.2, -0.15) is 0 Å². The van der Waals surface area contributed by atoms with Gasteiger partial charge in [0.1, 0.15) is 4.21 Å². The number of carbonyl (C=O) groups excluding carboxylic acids is 1. The van der Waals surface area contributed by atoms with E-state index in [1.807, 2.05) is 0 Å². The first kappa shape index (κ1) is 15.8. The van der Waals surface area contributed by atoms with E-state index in [0.29, 0.717) is 15.6 Å². The Kier molecular flexibility index (Phi) is 4.55. The molecule has 0 radical (unpaired) electrons. The molecule has 0 atom stereocenters. The molecule has 0 aliphatic heterocycles. The van der Waals surface area contributed by atoms with Crippen molar-refractivity contribution in [3.05, 3.63) is 46.3 Å². The second kappa shape index (κ2) is 6.05. The molecule has 2 aromatic rings. The average Bonchev–Trinajstić information content (AvgIpc) is 2.93. The van der Waals surface area contributed by atoms with Crippen LogP contribution in [-0.4, -0.2) is 28.5 Å². The summed E-state index contributed by atoms with van der Waals surface area (Å²) in [6.07, 6.45) is 0. The van der Waals surface area contributed by atoms with E-state index >= 15 is 0 Å². The molecule has 1 aromatic carbocycles. The first-order valence-electron chi connectivity index (χ1n) is 5.79. The number of ether oxygens (including phenoxy) is 1. The fourth-order valence-electron chi connectivity index (χ4n) is 1.64. The van der Waals surface area contributed by atoms with Crippen LogP contribution in [0, 0.1) is 0 Å². The van der Waals surface area contributed by atoms with Crippen molar-refractivity contribution in [2.24, 2.45) is 0 Å². The summed E-state index contributed by atoms with van der Waals surface area (Å²) < 4.78 is 31.1. The number of anilines is 1. The molecule has 0 saturated heterocycles. The van der Waals surface area contributed by atoms with Gasteiger partial charge in [-0.3, -0.25) is 4.31 Å². The number of hydrogen-bond donors (Lipinski definition) is 0. The molecule has 0 fully saturated rings. The van der Waals surface area contributed by atoms with E-state index in [1.165, 1.54) is 38.4 Å². The van der Waals surface area contributed by atoms with Crippen molar-refractivity contribution in [1.82, 2.24) is 0 Å². The van der Waals surface area contributed by atoms with Gasteiger partial charge in [-0.05, 0) is 36.4 Å². The van der Waals surface area contributed by atoms with Gasteiger partial charge in [0.2, 0.25) is 0 Å². The fraction of sp³-hybridized carbons (Fsp3) is 0.154. The van der Waals surface area contributed by atoms with E-state index < -0.39 is 16.0 Å². The zero-order chi connectivity index (χ0) is 15.6. The molecular weight excluding hydrogens is 334 g/mol. The van der Waals surface area contributed by atoms with Crippen LogP contribution in [0.15, 0.2) is 40.6 Å². The standard InChI is InChI=1S/C13H12ClNO4S2/c1-15(21(17,18)12-8-7-11(14)20-12)10-5-3-9(4-6-10)13(16)19-2/h3-8H,1-2H3. The Morgan fingerprint density at radius 2 is 1.81 bits per heavy atom. The van der Waals surface area contributed by atoms with E-state index in [4.69, 9.17) is 11.6 Å². The van der Waals surface area contributed by atoms with Crippen molar-refractivity contribution < 1.29 is 17.9 Å². The molecule has 8 heteroatoms. The average molecular weight is 346 g/mol. The lowest BCUT2D eigenvalue weighted by Gasteiger charge is -2.18. The minimum absolute atomic E-state index is 0.159. The predicted molar refractivity (Wildman–Crippen MR) is 82.7 cm³/mol. The second-order valence-electron chi connectivity index (χ2n) is 4.07. The molecule has 5 nitrogen and oxygen atoms in total. The third kappa shape index (κ3) is 3.20. The van der Waals surface area contributed by atoms with Gasteiger partial charge in [0, 0.05) is 7.05 Å². The predicted octanol–water partition coefficient (Wildman–Crippen LogP) is 3.01. The molecule has 0 N–H and O–H groups in total. The van der Waals surface area contributed by atoms with E-state index in [-0.39, 0.29) is 4.21 Å². The molecule has 2 rings (SSSR count). The van der Waals surface area contributed by atoms with Crippen molar-refractivity contribution in [2.45, 2.75) is 4.21 Å². The molecule has 112 valence electrons. The summed E-state index contributed by atoms with van der Waals surface area (Å²) in [6, 6.07) is 9.09. The highest BCUT2D eigenvalue weighted by Crippen LogP contribution is 2.30. The van der Waals surface area contributed by atoms with Crippen LogP contribution >= 0.6 is 22.9 Å². The number of carbonyl (C=O) groups is 1. The number of halogens is 1. The molecule has 1 aromatic heterocycles. The minimum Gasteiger partial charge on any atom is -0.465 e. The van der Waals surface area contributed by atoms with Gasteiger partial charge in [-0.1, -0.05) is 11.6 Å². The molecule has 0 unspecified atom stereocenters. The molecule has 1 heterocycles. The van der Waals surface area contributed by atoms with Gasteiger partial charge < -0.3 is 4.74 Å². The van der Waals surface area contributed by atoms with Crippen molar-refractivity contribution in [3.63, 3.8) is 0 Å². The Labute approximate surface area is 131 Å². The van der Waals surface area contributed by atoms with Gasteiger partial charge in [0.25, 0.3) is 10.0 Å². The summed E-state index contributed by atoms with van der Waals surface area (Å²) in [4.78, 5) is 11.3. The third-order valence-electron chi connectivity index (χ3n) is 2.82. The van der Waals surface area contributed by atoms with E-state index in [2.05, 4.69) is 4.74 Å². The summed E-state index contributed by atoms with van der Waals surface area (Å²) in [5.74, 6) is -0.475. The number of esters is 1. The van der Waals surface area contributed by atoms with Crippen LogP contribution < -0.4 is 4.31 Å². The molecule has 0 aliphatic carbocycles. The minimum atomic E-state index is -3.66. The number of sulfonamides is 1. The van der Waals surface area contributed by atoms with Crippen LogP contribution in [0.3, 0.4) is 0 Å². The Hall–Kier alpha value is -1.57. The summed E-state index contributed by atoms with van der Waals surface area (Å²) >= 11 is 6.76. The van der Waals surface area contributed by atoms with Gasteiger partial charge in [-0.15, -0.1) is 11.3 Å². The Bertz CT molecular complexity index is 753. The Morgan fingerprint density at radius 1 is 1.19 bits per heavy atom. The summed E-state index contributed by atoms with van der Waals surface area (Å²) in [7, 11) is -0.933. The van der Waals surface area contributed by atoms with Crippen molar-refractivity contribution in [3.8, 4) is 0 Å². The molecule has 21 heavy (non-hydrogen) atoms. The molecule has 0 bridgehead atoms. The lowest BCUT2D eigenvalue weighted by atomic mass is 10.2. The number of methoxy groups -OCH3 is 1. The van der Waals surface area contributed by atoms with Crippen molar-refractivity contribution >= 4 is 44.6 Å². The second-order valence-corrected chi connectivity index (χ2v) is 7.98. The zero-order valence-electron chi connectivity index (χ0n) is 11.2. The molecule has 0 spiro atoms. The monoisotopic (exact) mass is 345 g/mol. The van der Waals surface area contributed by atoms with Crippen molar-refractivity contribution in [1.29, 1.82) is 0 Å². The highest BCUT2D eigenvalue weighted by Gasteiger charge is 2.23. The van der Waals surface area contributed by atoms with Gasteiger partial charge in [0.15, 0.2) is 0 Å². The van der Waals surface area contributed by atoms with Crippen LogP contribution in [0.25, 0.3) is 0 Å². The quantitative estimate of drug-likeness (QED) is 0.799. The Morgan fingerprint density at radius 3 is 2.29 bits per heavy atom. The molecule has 0 amide bonds. The van der Waals surface area contributed by atoms with Crippen LogP contribution in [0.2, 0.25) is 4.34 Å². The highest BCUT2D eigenvalue weighted by atomic mass is 35.5. The first-order chi connectivity index (χ1) is 9.86. The van der Waals surface area contributed by atoms with Crippen LogP contribution in [0.4, 0.5) is 5.69 Å². The number of benzene rings is 1. The molecule has 0 saturated carbocycles. The zero-order valence-corrected chi connectivity index (χ0v) is 13.6. The normalized spacial score (nSPS) is 11.2. The van der Waals surface area contributed by atoms with E-state index in [1.54, 1.807) is 12.1 Å². The van der Waals surface area contributed by atoms with E-state index in [0.717, 1.165) is 15.6 Å².